The molecule has 1 aliphatic heterocycles. The van der Waals surface area contributed by atoms with Gasteiger partial charge in [-0.25, -0.2) is 0 Å². The number of nitrogens with two attached hydrogens (primary N) is 1. The van der Waals surface area contributed by atoms with E-state index in [0.29, 0.717) is 26.3 Å². The molecule has 1 fully saturated rings. The molecule has 2 atom stereocenters. The number of amides is 1. The molecule has 1 aliphatic rings. The van der Waals surface area contributed by atoms with E-state index in [2.05, 4.69) is 5.16 Å². The van der Waals surface area contributed by atoms with Gasteiger partial charge in [0.15, 0.2) is 6.10 Å². The molecule has 0 saturated carbocycles. The van der Waals surface area contributed by atoms with Crippen LogP contribution < -0.4 is 5.73 Å². The minimum Gasteiger partial charge on any atom is -0.409 e. The van der Waals surface area contributed by atoms with Gasteiger partial charge in [0.2, 0.25) is 0 Å². The summed E-state index contributed by atoms with van der Waals surface area (Å²) in [4.78, 5) is 13.8. The minimum absolute atomic E-state index is 0.113. The third-order valence-corrected chi connectivity index (χ3v) is 2.90. The number of likely N-dealkylation sites (N-methyl/N-ethyl adjacent to an activating group) is 1. The predicted molar refractivity (Wildman–Crippen MR) is 65.4 cm³/mol. The van der Waals surface area contributed by atoms with Crippen molar-refractivity contribution in [3.8, 4) is 0 Å². The highest BCUT2D eigenvalue weighted by atomic mass is 16.6. The van der Waals surface area contributed by atoms with Gasteiger partial charge in [0.1, 0.15) is 5.84 Å². The molecule has 7 heteroatoms. The van der Waals surface area contributed by atoms with Crippen LogP contribution in [0.25, 0.3) is 0 Å². The number of hydrogen-bond acceptors (Lipinski definition) is 5. The number of oxime groups is 1. The second-order valence-electron chi connectivity index (χ2n) is 4.24. The van der Waals surface area contributed by atoms with Crippen molar-refractivity contribution in [1.29, 1.82) is 0 Å². The van der Waals surface area contributed by atoms with Gasteiger partial charge in [-0.2, -0.15) is 0 Å². The highest BCUT2D eigenvalue weighted by Crippen LogP contribution is 2.08. The maximum atomic E-state index is 12.2. The normalized spacial score (nSPS) is 22.6. The molecule has 3 N–H and O–H groups in total. The summed E-state index contributed by atoms with van der Waals surface area (Å²) in [5, 5.41) is 11.5. The molecule has 0 aromatic carbocycles. The molecule has 0 aliphatic carbocycles. The average molecular weight is 259 g/mol. The Labute approximate surface area is 107 Å². The fourth-order valence-electron chi connectivity index (χ4n) is 1.73. The van der Waals surface area contributed by atoms with Crippen molar-refractivity contribution in [3.05, 3.63) is 0 Å². The molecule has 2 unspecified atom stereocenters. The summed E-state index contributed by atoms with van der Waals surface area (Å²) in [6.45, 7) is 5.85. The maximum absolute atomic E-state index is 12.2. The standard InChI is InChI=1S/C11H21N3O4/c1-3-14(6-8(2)10(12)13-16)11(15)9-7-17-4-5-18-9/h8-9,16H,3-7H2,1-2H3,(H2,12,13). The van der Waals surface area contributed by atoms with E-state index in [-0.39, 0.29) is 24.3 Å². The van der Waals surface area contributed by atoms with Crippen molar-refractivity contribution in [1.82, 2.24) is 4.90 Å². The van der Waals surface area contributed by atoms with Gasteiger partial charge >= 0.3 is 0 Å². The smallest absolute Gasteiger partial charge is 0.254 e. The number of rotatable bonds is 5. The molecule has 0 spiro atoms. The number of amidine groups is 1. The van der Waals surface area contributed by atoms with Gasteiger partial charge in [-0.05, 0) is 6.92 Å². The lowest BCUT2D eigenvalue weighted by molar-refractivity contribution is -0.158. The molecule has 1 saturated heterocycles. The van der Waals surface area contributed by atoms with E-state index in [1.165, 1.54) is 0 Å². The van der Waals surface area contributed by atoms with Crippen LogP contribution in [-0.2, 0) is 14.3 Å². The van der Waals surface area contributed by atoms with Gasteiger partial charge < -0.3 is 25.3 Å². The summed E-state index contributed by atoms with van der Waals surface area (Å²) in [5.41, 5.74) is 5.50. The highest BCUT2D eigenvalue weighted by molar-refractivity contribution is 5.84. The fraction of sp³-hybridized carbons (Fsp3) is 0.818. The highest BCUT2D eigenvalue weighted by Gasteiger charge is 2.28. The molecular weight excluding hydrogens is 238 g/mol. The zero-order valence-electron chi connectivity index (χ0n) is 10.8. The number of hydrogen-bond donors (Lipinski definition) is 2. The number of carbonyl (C=O) groups is 1. The van der Waals surface area contributed by atoms with Crippen molar-refractivity contribution in [2.24, 2.45) is 16.8 Å². The van der Waals surface area contributed by atoms with Crippen LogP contribution in [0.4, 0.5) is 0 Å². The second kappa shape index (κ2) is 7.17. The molecule has 1 heterocycles. The van der Waals surface area contributed by atoms with E-state index in [1.807, 2.05) is 6.92 Å². The monoisotopic (exact) mass is 259 g/mol. The molecule has 18 heavy (non-hydrogen) atoms. The Hall–Kier alpha value is -1.34. The van der Waals surface area contributed by atoms with Gasteiger partial charge in [0, 0.05) is 19.0 Å². The Morgan fingerprint density at radius 1 is 1.61 bits per heavy atom. The summed E-state index contributed by atoms with van der Waals surface area (Å²) < 4.78 is 10.6. The third-order valence-electron chi connectivity index (χ3n) is 2.90. The lowest BCUT2D eigenvalue weighted by Gasteiger charge is -2.30. The van der Waals surface area contributed by atoms with Gasteiger partial charge in [-0.3, -0.25) is 4.79 Å². The molecule has 7 nitrogen and oxygen atoms in total. The first kappa shape index (κ1) is 14.7. The Bertz CT molecular complexity index is 303. The van der Waals surface area contributed by atoms with E-state index >= 15 is 0 Å². The largest absolute Gasteiger partial charge is 0.409 e. The number of carbonyl (C=O) groups excluding carboxylic acids is 1. The van der Waals surface area contributed by atoms with Crippen molar-refractivity contribution < 1.29 is 19.5 Å². The van der Waals surface area contributed by atoms with Crippen molar-refractivity contribution in [2.75, 3.05) is 32.9 Å². The summed E-state index contributed by atoms with van der Waals surface area (Å²) in [7, 11) is 0. The van der Waals surface area contributed by atoms with E-state index in [1.54, 1.807) is 11.8 Å². The summed E-state index contributed by atoms with van der Waals surface area (Å²) >= 11 is 0. The quantitative estimate of drug-likeness (QED) is 0.304. The first-order chi connectivity index (χ1) is 8.60. The SMILES string of the molecule is CCN(CC(C)/C(N)=N/O)C(=O)C1COCCO1. The van der Waals surface area contributed by atoms with E-state index in [0.717, 1.165) is 0 Å². The van der Waals surface area contributed by atoms with Crippen LogP contribution in [0.3, 0.4) is 0 Å². The predicted octanol–water partition coefficient (Wildman–Crippen LogP) is -0.367. The Kier molecular flexibility index (Phi) is 5.87. The van der Waals surface area contributed by atoms with E-state index < -0.39 is 6.10 Å². The van der Waals surface area contributed by atoms with E-state index in [4.69, 9.17) is 20.4 Å². The van der Waals surface area contributed by atoms with Crippen LogP contribution in [0.15, 0.2) is 5.16 Å². The number of ether oxygens (including phenoxy) is 2. The number of nitrogens with zero attached hydrogens (tertiary/aromatic N) is 2. The van der Waals surface area contributed by atoms with Gasteiger partial charge in [-0.15, -0.1) is 0 Å². The van der Waals surface area contributed by atoms with Gasteiger partial charge in [-0.1, -0.05) is 12.1 Å². The molecule has 1 rings (SSSR count). The Balaban J connectivity index is 2.56. The fourth-order valence-corrected chi connectivity index (χ4v) is 1.73. The van der Waals surface area contributed by atoms with E-state index in [9.17, 15) is 4.79 Å². The Morgan fingerprint density at radius 3 is 2.83 bits per heavy atom. The van der Waals surface area contributed by atoms with Gasteiger partial charge in [0.25, 0.3) is 5.91 Å². The van der Waals surface area contributed by atoms with Gasteiger partial charge in [0.05, 0.1) is 19.8 Å². The van der Waals surface area contributed by atoms with Crippen molar-refractivity contribution in [3.63, 3.8) is 0 Å². The van der Waals surface area contributed by atoms with Crippen LogP contribution in [0, 0.1) is 5.92 Å². The molecule has 0 aromatic heterocycles. The molecule has 0 radical (unpaired) electrons. The third kappa shape index (κ3) is 3.85. The molecule has 0 aromatic rings. The lowest BCUT2D eigenvalue weighted by atomic mass is 10.1. The van der Waals surface area contributed by atoms with Crippen molar-refractivity contribution in [2.45, 2.75) is 20.0 Å². The first-order valence-corrected chi connectivity index (χ1v) is 6.05. The Morgan fingerprint density at radius 2 is 2.33 bits per heavy atom. The van der Waals surface area contributed by atoms with Crippen LogP contribution >= 0.6 is 0 Å². The zero-order chi connectivity index (χ0) is 13.5. The molecule has 1 amide bonds. The van der Waals surface area contributed by atoms with Crippen LogP contribution in [0.2, 0.25) is 0 Å². The summed E-state index contributed by atoms with van der Waals surface area (Å²) in [5.74, 6) is -0.208. The second-order valence-corrected chi connectivity index (χ2v) is 4.24. The van der Waals surface area contributed by atoms with Crippen LogP contribution in [0.1, 0.15) is 13.8 Å². The average Bonchev–Trinajstić information content (AvgIpc) is 2.43. The maximum Gasteiger partial charge on any atom is 0.254 e. The first-order valence-electron chi connectivity index (χ1n) is 6.05. The van der Waals surface area contributed by atoms with Crippen molar-refractivity contribution >= 4 is 11.7 Å². The summed E-state index contributed by atoms with van der Waals surface area (Å²) in [6, 6.07) is 0. The molecule has 104 valence electrons. The lowest BCUT2D eigenvalue weighted by Crippen LogP contribution is -2.47. The van der Waals surface area contributed by atoms with Crippen LogP contribution in [0.5, 0.6) is 0 Å². The zero-order valence-corrected chi connectivity index (χ0v) is 10.8. The minimum atomic E-state index is -0.543. The molecule has 0 bridgehead atoms. The topological polar surface area (TPSA) is 97.4 Å². The summed E-state index contributed by atoms with van der Waals surface area (Å²) in [6.07, 6.45) is -0.543. The molecular formula is C11H21N3O4. The van der Waals surface area contributed by atoms with Crippen LogP contribution in [-0.4, -0.2) is 60.9 Å².